The first-order chi connectivity index (χ1) is 60.4. The van der Waals surface area contributed by atoms with Crippen LogP contribution >= 0.6 is 37.2 Å². The summed E-state index contributed by atoms with van der Waals surface area (Å²) in [7, 11) is 0. The quantitative estimate of drug-likeness (QED) is 0.00901. The molecule has 702 valence electrons. The molecule has 22 heteroatoms. The molecule has 2 N–H and O–H groups in total. The van der Waals surface area contributed by atoms with Gasteiger partial charge in [0, 0.05) is 38.9 Å². The van der Waals surface area contributed by atoms with E-state index in [0.29, 0.717) is 86.5 Å². The molecule has 0 spiro atoms. The summed E-state index contributed by atoms with van der Waals surface area (Å²) in [6.45, 7) is 23.2. The molecule has 6 aromatic carbocycles. The summed E-state index contributed by atoms with van der Waals surface area (Å²) in [6, 6.07) is 43.3. The van der Waals surface area contributed by atoms with Crippen LogP contribution in [-0.2, 0) is 42.7 Å². The summed E-state index contributed by atoms with van der Waals surface area (Å²) in [4.78, 5) is 58.8. The van der Waals surface area contributed by atoms with E-state index in [0.717, 1.165) is 149 Å². The van der Waals surface area contributed by atoms with Crippen LogP contribution in [0.5, 0.6) is 23.0 Å². The first kappa shape index (κ1) is 114. The molecule has 19 nitrogen and oxygen atoms in total. The summed E-state index contributed by atoms with van der Waals surface area (Å²) >= 11 is 5.30. The zero-order valence-corrected chi connectivity index (χ0v) is 82.8. The normalized spacial score (nSPS) is 16.3. The van der Waals surface area contributed by atoms with Crippen molar-refractivity contribution in [2.45, 2.75) is 363 Å². The fourth-order valence-electron chi connectivity index (χ4n) is 14.2. The molecule has 8 rings (SSSR count). The van der Waals surface area contributed by atoms with Gasteiger partial charge in [-0.1, -0.05) is 212 Å². The van der Waals surface area contributed by atoms with Crippen molar-refractivity contribution in [3.63, 3.8) is 0 Å². The van der Waals surface area contributed by atoms with Crippen molar-refractivity contribution in [1.82, 2.24) is 0 Å². The fraction of sp³-hybridized carbons (Fsp3) is 0.602. The molecule has 6 aromatic rings. The van der Waals surface area contributed by atoms with E-state index in [1.165, 1.54) is 122 Å². The molecule has 125 heavy (non-hydrogen) atoms. The van der Waals surface area contributed by atoms with Crippen LogP contribution in [0.1, 0.15) is 349 Å². The Morgan fingerprint density at radius 1 is 0.400 bits per heavy atom. The van der Waals surface area contributed by atoms with Gasteiger partial charge in [0.1, 0.15) is 29.3 Å². The van der Waals surface area contributed by atoms with Crippen molar-refractivity contribution in [3.8, 4) is 45.3 Å². The van der Waals surface area contributed by atoms with E-state index in [1.807, 2.05) is 100 Å². The van der Waals surface area contributed by atoms with Crippen LogP contribution in [0.4, 0.5) is 0 Å². The van der Waals surface area contributed by atoms with Crippen LogP contribution in [0.2, 0.25) is 0 Å². The molecular weight excluding hydrogens is 1920 g/mol. The average molecular weight is 2080 g/mol. The van der Waals surface area contributed by atoms with Gasteiger partial charge in [0.05, 0.1) is 85.3 Å². The number of carbonyl (C=O) groups is 5. The molecule has 2 saturated heterocycles. The number of benzene rings is 6. The third-order valence-corrected chi connectivity index (χ3v) is 21.3. The minimum atomic E-state index is -0.471. The Hall–Kier alpha value is -5.66. The van der Waals surface area contributed by atoms with Crippen LogP contribution in [0.3, 0.4) is 0 Å². The van der Waals surface area contributed by atoms with E-state index in [2.05, 4.69) is 58.0 Å². The predicted octanol–water partition coefficient (Wildman–Crippen LogP) is 24.3. The predicted molar refractivity (Wildman–Crippen MR) is 517 cm³/mol. The standard InChI is InChI=1S/C53H76O10.C37H48O7.C8H16O.C4H10O.CH4.I3/c1-5-8-9-14-17-20-50-59-44(6-2)36-48(61-50)38-49-37-47(35-39(4)54)60-51(62-49)21-18-15-12-10-11-13-16-19-34-58-45-30-26-41(27-31-45)40-22-24-43(25-23-40)53(56)63-46-32-28-42(29-33-46)52(55)57-7-3;1-4-40-35(41-5-2)15-13-11-9-7-8-10-12-14-28-43-33-24-20-30(21-25-33)29-16-18-32(19-17-29)37(39)44-34-26-22-31(23-27-34)36(38)42-6-3;1-2-3-4-5-6-7-8-9;1-3-4(2)5;;1-3-2/h22-33,39,44,47-51,54H,5-21,34-38H2,1-4H3;16-27,35H,4-15,28H2,1-3H3;8H,2-7H2,1H3;4-5H,3H2,1-2H3;1H4;/q;;;;;-1. The van der Waals surface area contributed by atoms with Crippen molar-refractivity contribution in [3.05, 3.63) is 168 Å². The molecule has 8 atom stereocenters. The van der Waals surface area contributed by atoms with Gasteiger partial charge in [-0.2, -0.15) is 0 Å². The third-order valence-electron chi connectivity index (χ3n) is 21.3. The summed E-state index contributed by atoms with van der Waals surface area (Å²) in [5.41, 5.74) is 5.74. The Labute approximate surface area is 781 Å². The van der Waals surface area contributed by atoms with Crippen molar-refractivity contribution >= 4 is 67.4 Å². The van der Waals surface area contributed by atoms with Crippen molar-refractivity contribution in [1.29, 1.82) is 0 Å². The topological polar surface area (TPSA) is 237 Å². The van der Waals surface area contributed by atoms with Crippen molar-refractivity contribution in [2.24, 2.45) is 0 Å². The molecule has 2 heterocycles. The summed E-state index contributed by atoms with van der Waals surface area (Å²) in [5.74, 6) is 0.671. The third kappa shape index (κ3) is 52.1. The summed E-state index contributed by atoms with van der Waals surface area (Å²) in [6.07, 6.45) is 40.7. The van der Waals surface area contributed by atoms with E-state index in [9.17, 15) is 29.1 Å². The van der Waals surface area contributed by atoms with Gasteiger partial charge in [0.25, 0.3) is 0 Å². The molecule has 0 amide bonds. The number of hydrogen-bond donors (Lipinski definition) is 2. The van der Waals surface area contributed by atoms with Crippen molar-refractivity contribution in [2.75, 3.05) is 39.6 Å². The Morgan fingerprint density at radius 3 is 1.06 bits per heavy atom. The van der Waals surface area contributed by atoms with E-state index in [1.54, 1.807) is 93.6 Å². The number of hydrogen-bond acceptors (Lipinski definition) is 19. The van der Waals surface area contributed by atoms with Gasteiger partial charge in [0.15, 0.2) is 18.9 Å². The van der Waals surface area contributed by atoms with E-state index in [-0.39, 0.29) is 56.8 Å². The summed E-state index contributed by atoms with van der Waals surface area (Å²) < 4.78 is 69.8. The maximum absolute atomic E-state index is 12.7. The number of rotatable bonds is 56. The second-order valence-corrected chi connectivity index (χ2v) is 48.0. The Balaban J connectivity index is 0.000000561. The fourth-order valence-corrected chi connectivity index (χ4v) is 14.2. The molecule has 2 aliphatic rings. The van der Waals surface area contributed by atoms with E-state index >= 15 is 0 Å². The Morgan fingerprint density at radius 2 is 0.712 bits per heavy atom. The second-order valence-electron chi connectivity index (χ2n) is 31.7. The molecule has 0 aliphatic carbocycles. The first-order valence-corrected chi connectivity index (χ1v) is 59.1. The minimum absolute atomic E-state index is 0. The second kappa shape index (κ2) is 73.1. The molecule has 2 fully saturated rings. The molecule has 2 aliphatic heterocycles. The maximum atomic E-state index is 12.7. The number of aldehydes is 1. The van der Waals surface area contributed by atoms with E-state index < -0.39 is 30.0 Å². The zero-order chi connectivity index (χ0) is 90.0. The van der Waals surface area contributed by atoms with Gasteiger partial charge in [-0.3, -0.25) is 0 Å². The Kier molecular flexibility index (Phi) is 66.3. The monoisotopic (exact) mass is 2080 g/mol. The van der Waals surface area contributed by atoms with Gasteiger partial charge >= 0.3 is 74.4 Å². The molecule has 0 bridgehead atoms. The van der Waals surface area contributed by atoms with Gasteiger partial charge in [-0.15, -0.1) is 0 Å². The van der Waals surface area contributed by atoms with Crippen LogP contribution in [0, 0.1) is 0 Å². The molecule has 0 saturated carbocycles. The molecule has 8 unspecified atom stereocenters. The molecule has 0 radical (unpaired) electrons. The van der Waals surface area contributed by atoms with Crippen LogP contribution in [0.15, 0.2) is 146 Å². The first-order valence-electron chi connectivity index (χ1n) is 46.5. The van der Waals surface area contributed by atoms with Crippen LogP contribution in [0.25, 0.3) is 22.3 Å². The molecular formula is C103H154I3O19-. The van der Waals surface area contributed by atoms with Gasteiger partial charge < -0.3 is 71.8 Å². The van der Waals surface area contributed by atoms with Crippen molar-refractivity contribution < 1.29 is 104 Å². The van der Waals surface area contributed by atoms with Gasteiger partial charge in [-0.25, -0.2) is 19.2 Å². The number of aliphatic hydroxyl groups is 2. The van der Waals surface area contributed by atoms with E-state index in [4.69, 9.17) is 61.9 Å². The SMILES string of the molecule is C.CCC(C)O.CCCCCCCC1OC(CC)CC(CC2CC(CC(C)O)OC(CCCCCCCCCCOc3ccc(-c4ccc(C(=O)Oc5ccc(C(=O)OCC)cc5)cc4)cc3)O2)O1.CCCCCCCC=O.CCOC(=O)c1ccc(OC(=O)c2ccc(-c3ccc(OCCCCCCCCCCC(OCC)OCC)cc3)cc2)cc1.I[I-]I. The van der Waals surface area contributed by atoms with Crippen LogP contribution in [-0.4, -0.2) is 136 Å². The zero-order valence-electron chi connectivity index (χ0n) is 76.3. The molecule has 0 aromatic heterocycles. The Bertz CT molecular complexity index is 3650. The number of ether oxygens (including phenoxy) is 12. The van der Waals surface area contributed by atoms with Gasteiger partial charge in [0.2, 0.25) is 0 Å². The van der Waals surface area contributed by atoms with Crippen LogP contribution < -0.4 is 32.2 Å². The number of carbonyl (C=O) groups excluding carboxylic acids is 5. The van der Waals surface area contributed by atoms with Gasteiger partial charge in [-0.05, 0) is 238 Å². The number of aliphatic hydroxyl groups excluding tert-OH is 2. The number of esters is 4. The average Bonchev–Trinajstić information content (AvgIpc) is 0.844. The summed E-state index contributed by atoms with van der Waals surface area (Å²) in [5, 5.41) is 18.5. The number of halogens is 3. The number of unbranched alkanes of at least 4 members (excludes halogenated alkanes) is 23.